The van der Waals surface area contributed by atoms with Crippen LogP contribution in [0, 0.1) is 17.8 Å². The van der Waals surface area contributed by atoms with Gasteiger partial charge in [0.1, 0.15) is 0 Å². The Balaban J connectivity index is 1.69. The minimum Gasteiger partial charge on any atom is -0.481 e. The number of hydrogen-bond acceptors (Lipinski definition) is 1. The van der Waals surface area contributed by atoms with Crippen LogP contribution in [0.25, 0.3) is 0 Å². The van der Waals surface area contributed by atoms with Crippen molar-refractivity contribution in [3.8, 4) is 0 Å². The van der Waals surface area contributed by atoms with Crippen LogP contribution in [0.5, 0.6) is 0 Å². The van der Waals surface area contributed by atoms with E-state index >= 15 is 0 Å². The molecule has 1 saturated carbocycles. The SMILES string of the molecule is O=C(O)CCC1CC2CC1C1=C2CCC1. The van der Waals surface area contributed by atoms with Crippen molar-refractivity contribution in [3.05, 3.63) is 11.1 Å². The van der Waals surface area contributed by atoms with Gasteiger partial charge < -0.3 is 5.11 Å². The average Bonchev–Trinajstić information content (AvgIpc) is 2.86. The molecule has 3 unspecified atom stereocenters. The highest BCUT2D eigenvalue weighted by Crippen LogP contribution is 2.58. The van der Waals surface area contributed by atoms with E-state index in [2.05, 4.69) is 0 Å². The summed E-state index contributed by atoms with van der Waals surface area (Å²) in [6.45, 7) is 0. The summed E-state index contributed by atoms with van der Waals surface area (Å²) in [5, 5.41) is 8.72. The van der Waals surface area contributed by atoms with Gasteiger partial charge in [0.15, 0.2) is 0 Å². The quantitative estimate of drug-likeness (QED) is 0.721. The first-order valence-corrected chi connectivity index (χ1v) is 6.19. The van der Waals surface area contributed by atoms with E-state index in [0.717, 1.165) is 18.3 Å². The Bertz CT molecular complexity index is 329. The van der Waals surface area contributed by atoms with E-state index in [1.807, 2.05) is 0 Å². The minimum absolute atomic E-state index is 0.372. The second-order valence-corrected chi connectivity index (χ2v) is 5.37. The normalized spacial score (nSPS) is 37.5. The largest absolute Gasteiger partial charge is 0.481 e. The van der Waals surface area contributed by atoms with Gasteiger partial charge in [-0.2, -0.15) is 0 Å². The van der Waals surface area contributed by atoms with Crippen LogP contribution in [0.15, 0.2) is 11.1 Å². The van der Waals surface area contributed by atoms with Crippen LogP contribution in [-0.4, -0.2) is 11.1 Å². The van der Waals surface area contributed by atoms with E-state index in [9.17, 15) is 4.79 Å². The van der Waals surface area contributed by atoms with Gasteiger partial charge in [-0.1, -0.05) is 11.1 Å². The zero-order valence-corrected chi connectivity index (χ0v) is 9.04. The van der Waals surface area contributed by atoms with Crippen LogP contribution < -0.4 is 0 Å². The second-order valence-electron chi connectivity index (χ2n) is 5.37. The lowest BCUT2D eigenvalue weighted by molar-refractivity contribution is -0.137. The standard InChI is InChI=1S/C13H18O2/c14-13(15)5-4-8-6-9-7-12(8)11-3-1-2-10(9)11/h8-9,12H,1-7H2,(H,14,15). The molecule has 2 nitrogen and oxygen atoms in total. The third-order valence-corrected chi connectivity index (χ3v) is 4.67. The van der Waals surface area contributed by atoms with Crippen LogP contribution in [0.4, 0.5) is 0 Å². The van der Waals surface area contributed by atoms with Gasteiger partial charge in [0.05, 0.1) is 0 Å². The topological polar surface area (TPSA) is 37.3 Å². The molecule has 2 bridgehead atoms. The van der Waals surface area contributed by atoms with E-state index in [4.69, 9.17) is 5.11 Å². The van der Waals surface area contributed by atoms with Crippen LogP contribution in [-0.2, 0) is 4.79 Å². The average molecular weight is 206 g/mol. The summed E-state index contributed by atoms with van der Waals surface area (Å²) < 4.78 is 0. The van der Waals surface area contributed by atoms with Crippen molar-refractivity contribution < 1.29 is 9.90 Å². The first kappa shape index (κ1) is 9.44. The molecule has 1 fully saturated rings. The smallest absolute Gasteiger partial charge is 0.303 e. The summed E-state index contributed by atoms with van der Waals surface area (Å²) >= 11 is 0. The van der Waals surface area contributed by atoms with Crippen molar-refractivity contribution in [1.82, 2.24) is 0 Å². The molecule has 82 valence electrons. The summed E-state index contributed by atoms with van der Waals surface area (Å²) in [7, 11) is 0. The zero-order valence-electron chi connectivity index (χ0n) is 9.04. The Morgan fingerprint density at radius 2 is 2.07 bits per heavy atom. The lowest BCUT2D eigenvalue weighted by Crippen LogP contribution is -2.14. The van der Waals surface area contributed by atoms with Crippen LogP contribution in [0.1, 0.15) is 44.9 Å². The van der Waals surface area contributed by atoms with Crippen molar-refractivity contribution in [2.75, 3.05) is 0 Å². The number of carboxylic acid groups (broad SMARTS) is 1. The number of allylic oxidation sites excluding steroid dienone is 2. The number of carbonyl (C=O) groups is 1. The Morgan fingerprint density at radius 3 is 2.87 bits per heavy atom. The number of aliphatic carboxylic acids is 1. The molecule has 0 aromatic rings. The van der Waals surface area contributed by atoms with Gasteiger partial charge in [0, 0.05) is 6.42 Å². The predicted octanol–water partition coefficient (Wildman–Crippen LogP) is 2.99. The van der Waals surface area contributed by atoms with Crippen LogP contribution in [0.2, 0.25) is 0 Å². The molecule has 3 atom stereocenters. The maximum atomic E-state index is 10.6. The van der Waals surface area contributed by atoms with Gasteiger partial charge in [-0.3, -0.25) is 4.79 Å². The van der Waals surface area contributed by atoms with Gasteiger partial charge in [-0.25, -0.2) is 0 Å². The van der Waals surface area contributed by atoms with Gasteiger partial charge in [0.25, 0.3) is 0 Å². The Morgan fingerprint density at radius 1 is 1.27 bits per heavy atom. The van der Waals surface area contributed by atoms with Gasteiger partial charge in [-0.05, 0) is 56.3 Å². The van der Waals surface area contributed by atoms with E-state index in [-0.39, 0.29) is 0 Å². The molecule has 2 heteroatoms. The number of hydrogen-bond donors (Lipinski definition) is 1. The Kier molecular flexibility index (Phi) is 2.11. The molecule has 15 heavy (non-hydrogen) atoms. The molecule has 0 aromatic carbocycles. The lowest BCUT2D eigenvalue weighted by Gasteiger charge is -2.23. The highest BCUT2D eigenvalue weighted by atomic mass is 16.4. The molecule has 3 rings (SSSR count). The minimum atomic E-state index is -0.626. The highest BCUT2D eigenvalue weighted by molar-refractivity contribution is 5.66. The van der Waals surface area contributed by atoms with Gasteiger partial charge in [-0.15, -0.1) is 0 Å². The fraction of sp³-hybridized carbons (Fsp3) is 0.769. The van der Waals surface area contributed by atoms with Gasteiger partial charge >= 0.3 is 5.97 Å². The Labute approximate surface area is 90.4 Å². The van der Waals surface area contributed by atoms with Crippen molar-refractivity contribution in [3.63, 3.8) is 0 Å². The summed E-state index contributed by atoms with van der Waals surface area (Å²) in [4.78, 5) is 10.6. The fourth-order valence-electron chi connectivity index (χ4n) is 4.14. The molecular weight excluding hydrogens is 188 g/mol. The summed E-state index contributed by atoms with van der Waals surface area (Å²) in [6.07, 6.45) is 7.96. The molecule has 0 aromatic heterocycles. The number of carboxylic acids is 1. The third kappa shape index (κ3) is 1.42. The van der Waals surface area contributed by atoms with E-state index in [1.165, 1.54) is 32.1 Å². The summed E-state index contributed by atoms with van der Waals surface area (Å²) in [5.41, 5.74) is 3.54. The zero-order chi connectivity index (χ0) is 10.4. The maximum Gasteiger partial charge on any atom is 0.303 e. The van der Waals surface area contributed by atoms with E-state index in [1.54, 1.807) is 11.1 Å². The third-order valence-electron chi connectivity index (χ3n) is 4.67. The predicted molar refractivity (Wildman–Crippen MR) is 57.5 cm³/mol. The second kappa shape index (κ2) is 3.36. The molecule has 0 heterocycles. The molecule has 3 aliphatic rings. The number of rotatable bonds is 3. The van der Waals surface area contributed by atoms with Crippen molar-refractivity contribution in [2.45, 2.75) is 44.9 Å². The first-order chi connectivity index (χ1) is 7.25. The molecule has 0 amide bonds. The number of fused-ring (bicyclic) bond motifs is 4. The lowest BCUT2D eigenvalue weighted by atomic mass is 9.82. The maximum absolute atomic E-state index is 10.6. The van der Waals surface area contributed by atoms with Crippen LogP contribution >= 0.6 is 0 Å². The van der Waals surface area contributed by atoms with Crippen molar-refractivity contribution in [2.24, 2.45) is 17.8 Å². The molecule has 3 aliphatic carbocycles. The summed E-state index contributed by atoms with van der Waals surface area (Å²) in [5.74, 6) is 1.71. The molecular formula is C13H18O2. The highest BCUT2D eigenvalue weighted by Gasteiger charge is 2.45. The van der Waals surface area contributed by atoms with Crippen LogP contribution in [0.3, 0.4) is 0 Å². The Hall–Kier alpha value is -0.790. The van der Waals surface area contributed by atoms with Crippen molar-refractivity contribution >= 4 is 5.97 Å². The molecule has 0 spiro atoms. The molecule has 0 saturated heterocycles. The van der Waals surface area contributed by atoms with Gasteiger partial charge in [0.2, 0.25) is 0 Å². The molecule has 0 aliphatic heterocycles. The molecule has 1 N–H and O–H groups in total. The fourth-order valence-corrected chi connectivity index (χ4v) is 4.14. The van der Waals surface area contributed by atoms with E-state index < -0.39 is 5.97 Å². The van der Waals surface area contributed by atoms with E-state index in [0.29, 0.717) is 12.3 Å². The molecule has 0 radical (unpaired) electrons. The van der Waals surface area contributed by atoms with Crippen molar-refractivity contribution in [1.29, 1.82) is 0 Å². The first-order valence-electron chi connectivity index (χ1n) is 6.19. The monoisotopic (exact) mass is 206 g/mol. The summed E-state index contributed by atoms with van der Waals surface area (Å²) in [6, 6.07) is 0.